The third kappa shape index (κ3) is 5.00. The van der Waals surface area contributed by atoms with Crippen LogP contribution < -0.4 is 10.1 Å². The summed E-state index contributed by atoms with van der Waals surface area (Å²) >= 11 is 1.70. The molecule has 3 aromatic carbocycles. The van der Waals surface area contributed by atoms with E-state index in [0.717, 1.165) is 27.8 Å². The number of hydrogen-bond donors (Lipinski definition) is 1. The highest BCUT2D eigenvalue weighted by Gasteiger charge is 2.04. The molecule has 3 aromatic rings. The predicted octanol–water partition coefficient (Wildman–Crippen LogP) is 4.65. The van der Waals surface area contributed by atoms with Crippen LogP contribution in [-0.4, -0.2) is 18.8 Å². The Bertz CT molecular complexity index is 849. The molecule has 0 bridgehead atoms. The highest BCUT2D eigenvalue weighted by atomic mass is 32.2. The van der Waals surface area contributed by atoms with Gasteiger partial charge in [-0.05, 0) is 46.7 Å². The minimum absolute atomic E-state index is 0.0817. The predicted molar refractivity (Wildman–Crippen MR) is 104 cm³/mol. The third-order valence-electron chi connectivity index (χ3n) is 3.94. The van der Waals surface area contributed by atoms with Crippen molar-refractivity contribution in [3.8, 4) is 5.75 Å². The van der Waals surface area contributed by atoms with Gasteiger partial charge in [-0.2, -0.15) is 0 Å². The van der Waals surface area contributed by atoms with Gasteiger partial charge >= 0.3 is 0 Å². The standard InChI is InChI=1S/C21H21NO2S/c1-24-19-10-9-17-13-16(7-8-18(17)14-19)15-22-21(23)11-12-25-20-5-3-2-4-6-20/h2-10,13-14H,11-12,15H2,1H3,(H,22,23). The van der Waals surface area contributed by atoms with Crippen molar-refractivity contribution in [1.29, 1.82) is 0 Å². The molecule has 0 aliphatic carbocycles. The second-order valence-electron chi connectivity index (χ2n) is 5.74. The monoisotopic (exact) mass is 351 g/mol. The van der Waals surface area contributed by atoms with E-state index in [2.05, 4.69) is 29.6 Å². The number of thioether (sulfide) groups is 1. The van der Waals surface area contributed by atoms with E-state index in [1.54, 1.807) is 18.9 Å². The lowest BCUT2D eigenvalue weighted by Gasteiger charge is -2.08. The van der Waals surface area contributed by atoms with Crippen molar-refractivity contribution in [3.63, 3.8) is 0 Å². The summed E-state index contributed by atoms with van der Waals surface area (Å²) in [6.07, 6.45) is 0.518. The number of ether oxygens (including phenoxy) is 1. The zero-order valence-electron chi connectivity index (χ0n) is 14.2. The van der Waals surface area contributed by atoms with Crippen LogP contribution in [0.2, 0.25) is 0 Å². The van der Waals surface area contributed by atoms with Gasteiger partial charge in [-0.15, -0.1) is 11.8 Å². The lowest BCUT2D eigenvalue weighted by atomic mass is 10.1. The zero-order valence-corrected chi connectivity index (χ0v) is 15.0. The molecule has 4 heteroatoms. The van der Waals surface area contributed by atoms with Gasteiger partial charge in [-0.3, -0.25) is 4.79 Å². The molecule has 0 spiro atoms. The van der Waals surface area contributed by atoms with E-state index in [-0.39, 0.29) is 5.91 Å². The van der Waals surface area contributed by atoms with Gasteiger partial charge in [0.15, 0.2) is 0 Å². The number of fused-ring (bicyclic) bond motifs is 1. The molecule has 0 aromatic heterocycles. The SMILES string of the molecule is COc1ccc2cc(CNC(=O)CCSc3ccccc3)ccc2c1. The minimum Gasteiger partial charge on any atom is -0.497 e. The molecule has 128 valence electrons. The van der Waals surface area contributed by atoms with Crippen LogP contribution in [0.4, 0.5) is 0 Å². The average Bonchev–Trinajstić information content (AvgIpc) is 2.66. The van der Waals surface area contributed by atoms with Crippen LogP contribution >= 0.6 is 11.8 Å². The maximum absolute atomic E-state index is 12.0. The quantitative estimate of drug-likeness (QED) is 0.630. The topological polar surface area (TPSA) is 38.3 Å². The molecule has 0 atom stereocenters. The molecule has 0 fully saturated rings. The molecule has 0 saturated carbocycles. The Kier molecular flexibility index (Phi) is 5.96. The number of methoxy groups -OCH3 is 1. The molecular formula is C21H21NO2S. The van der Waals surface area contributed by atoms with E-state index in [1.165, 1.54) is 4.90 Å². The summed E-state index contributed by atoms with van der Waals surface area (Å²) in [7, 11) is 1.67. The molecule has 1 N–H and O–H groups in total. The summed E-state index contributed by atoms with van der Waals surface area (Å²) in [6.45, 7) is 0.552. The average molecular weight is 351 g/mol. The summed E-state index contributed by atoms with van der Waals surface area (Å²) in [5.74, 6) is 1.72. The number of carbonyl (C=O) groups excluding carboxylic acids is 1. The first kappa shape index (κ1) is 17.4. The van der Waals surface area contributed by atoms with Crippen LogP contribution in [0.15, 0.2) is 71.6 Å². The summed E-state index contributed by atoms with van der Waals surface area (Å²) < 4.78 is 5.24. The summed E-state index contributed by atoms with van der Waals surface area (Å²) in [5.41, 5.74) is 1.10. The fourth-order valence-electron chi connectivity index (χ4n) is 2.58. The molecule has 1 amide bonds. The fraction of sp³-hybridized carbons (Fsp3) is 0.190. The third-order valence-corrected chi connectivity index (χ3v) is 4.96. The first-order chi connectivity index (χ1) is 12.2. The Balaban J connectivity index is 1.49. The van der Waals surface area contributed by atoms with Gasteiger partial charge in [-0.25, -0.2) is 0 Å². The molecule has 0 aliphatic heterocycles. The molecule has 0 unspecified atom stereocenters. The van der Waals surface area contributed by atoms with Gasteiger partial charge in [-0.1, -0.05) is 36.4 Å². The molecule has 3 rings (SSSR count). The number of nitrogens with one attached hydrogen (secondary N) is 1. The molecule has 0 saturated heterocycles. The first-order valence-corrected chi connectivity index (χ1v) is 9.24. The van der Waals surface area contributed by atoms with Crippen LogP contribution in [0.5, 0.6) is 5.75 Å². The van der Waals surface area contributed by atoms with Gasteiger partial charge in [0.2, 0.25) is 5.91 Å². The summed E-state index contributed by atoms with van der Waals surface area (Å²) in [5, 5.41) is 5.27. The van der Waals surface area contributed by atoms with Gasteiger partial charge < -0.3 is 10.1 Å². The Morgan fingerprint density at radius 3 is 2.56 bits per heavy atom. The molecule has 0 heterocycles. The number of rotatable bonds is 7. The normalized spacial score (nSPS) is 10.6. The van der Waals surface area contributed by atoms with Crippen LogP contribution in [0.25, 0.3) is 10.8 Å². The van der Waals surface area contributed by atoms with Crippen molar-refractivity contribution < 1.29 is 9.53 Å². The summed E-state index contributed by atoms with van der Waals surface area (Å²) in [4.78, 5) is 13.2. The van der Waals surface area contributed by atoms with Crippen molar-refractivity contribution >= 4 is 28.4 Å². The lowest BCUT2D eigenvalue weighted by Crippen LogP contribution is -2.22. The second-order valence-corrected chi connectivity index (χ2v) is 6.90. The molecule has 0 radical (unpaired) electrons. The van der Waals surface area contributed by atoms with Crippen molar-refractivity contribution in [2.75, 3.05) is 12.9 Å². The molecule has 25 heavy (non-hydrogen) atoms. The van der Waals surface area contributed by atoms with Gasteiger partial charge in [0.25, 0.3) is 0 Å². The van der Waals surface area contributed by atoms with E-state index in [1.807, 2.05) is 42.5 Å². The number of hydrogen-bond acceptors (Lipinski definition) is 3. The Labute approximate surface area is 152 Å². The first-order valence-electron chi connectivity index (χ1n) is 8.26. The zero-order chi connectivity index (χ0) is 17.5. The molecule has 3 nitrogen and oxygen atoms in total. The smallest absolute Gasteiger partial charge is 0.221 e. The Morgan fingerprint density at radius 2 is 1.76 bits per heavy atom. The van der Waals surface area contributed by atoms with Crippen molar-refractivity contribution in [3.05, 3.63) is 72.3 Å². The van der Waals surface area contributed by atoms with E-state index >= 15 is 0 Å². The number of benzene rings is 3. The van der Waals surface area contributed by atoms with Gasteiger partial charge in [0.05, 0.1) is 7.11 Å². The lowest BCUT2D eigenvalue weighted by molar-refractivity contribution is -0.120. The number of carbonyl (C=O) groups is 1. The van der Waals surface area contributed by atoms with Crippen LogP contribution in [0.1, 0.15) is 12.0 Å². The maximum atomic E-state index is 12.0. The second kappa shape index (κ2) is 8.58. The molecule has 0 aliphatic rings. The Hall–Kier alpha value is -2.46. The van der Waals surface area contributed by atoms with E-state index in [0.29, 0.717) is 13.0 Å². The summed E-state index contributed by atoms with van der Waals surface area (Å²) in [6, 6.07) is 22.4. The van der Waals surface area contributed by atoms with Gasteiger partial charge in [0.1, 0.15) is 5.75 Å². The van der Waals surface area contributed by atoms with Crippen LogP contribution in [0, 0.1) is 0 Å². The molecular weight excluding hydrogens is 330 g/mol. The van der Waals surface area contributed by atoms with Crippen LogP contribution in [-0.2, 0) is 11.3 Å². The number of amides is 1. The van der Waals surface area contributed by atoms with E-state index in [9.17, 15) is 4.79 Å². The highest BCUT2D eigenvalue weighted by molar-refractivity contribution is 7.99. The van der Waals surface area contributed by atoms with Crippen molar-refractivity contribution in [2.24, 2.45) is 0 Å². The van der Waals surface area contributed by atoms with E-state index in [4.69, 9.17) is 4.74 Å². The van der Waals surface area contributed by atoms with E-state index < -0.39 is 0 Å². The highest BCUT2D eigenvalue weighted by Crippen LogP contribution is 2.22. The Morgan fingerprint density at radius 1 is 1.00 bits per heavy atom. The van der Waals surface area contributed by atoms with Crippen molar-refractivity contribution in [2.45, 2.75) is 17.9 Å². The fourth-order valence-corrected chi connectivity index (χ4v) is 3.45. The van der Waals surface area contributed by atoms with Gasteiger partial charge in [0, 0.05) is 23.6 Å². The minimum atomic E-state index is 0.0817. The van der Waals surface area contributed by atoms with Crippen molar-refractivity contribution in [1.82, 2.24) is 5.32 Å². The largest absolute Gasteiger partial charge is 0.497 e. The maximum Gasteiger partial charge on any atom is 0.221 e. The van der Waals surface area contributed by atoms with Crippen LogP contribution in [0.3, 0.4) is 0 Å².